The molecule has 0 unspecified atom stereocenters. The van der Waals surface area contributed by atoms with Crippen LogP contribution >= 0.6 is 0 Å². The average Bonchev–Trinajstić information content (AvgIpc) is 2.84. The molecule has 1 fully saturated rings. The summed E-state index contributed by atoms with van der Waals surface area (Å²) < 4.78 is 42.1. The molecule has 11 heteroatoms. The number of pyridine rings is 2. The van der Waals surface area contributed by atoms with E-state index in [0.29, 0.717) is 12.2 Å². The molecule has 0 bridgehead atoms. The lowest BCUT2D eigenvalue weighted by Crippen LogP contribution is -2.48. The summed E-state index contributed by atoms with van der Waals surface area (Å²) in [4.78, 5) is 19.2. The Hall–Kier alpha value is -3.73. The minimum absolute atomic E-state index is 0.0221. The van der Waals surface area contributed by atoms with E-state index in [4.69, 9.17) is 11.5 Å². The second-order valence-corrected chi connectivity index (χ2v) is 9.55. The average molecular weight is 513 g/mol. The number of aromatic nitrogens is 4. The molecule has 37 heavy (non-hydrogen) atoms. The van der Waals surface area contributed by atoms with Crippen LogP contribution in [0.2, 0.25) is 0 Å². The molecule has 0 aliphatic carbocycles. The maximum absolute atomic E-state index is 14.0. The van der Waals surface area contributed by atoms with Crippen molar-refractivity contribution in [2.24, 2.45) is 5.73 Å². The zero-order chi connectivity index (χ0) is 26.8. The number of piperidine rings is 1. The third-order valence-electron chi connectivity index (χ3n) is 6.47. The number of alkyl halides is 3. The second-order valence-electron chi connectivity index (χ2n) is 9.55. The number of hydrogen-bond acceptors (Lipinski definition) is 8. The van der Waals surface area contributed by atoms with Crippen molar-refractivity contribution >= 4 is 23.0 Å². The fourth-order valence-electron chi connectivity index (χ4n) is 4.43. The molecule has 8 nitrogen and oxygen atoms in total. The first kappa shape index (κ1) is 26.3. The predicted molar refractivity (Wildman–Crippen MR) is 140 cm³/mol. The molecule has 0 saturated carbocycles. The van der Waals surface area contributed by atoms with Crippen LogP contribution in [-0.2, 0) is 12.6 Å². The normalized spacial score (nSPS) is 15.5. The van der Waals surface area contributed by atoms with Gasteiger partial charge in [0.2, 0.25) is 0 Å². The smallest absolute Gasteiger partial charge is 0.382 e. The molecule has 0 spiro atoms. The van der Waals surface area contributed by atoms with Crippen LogP contribution in [0.5, 0.6) is 0 Å². The molecule has 0 amide bonds. The largest absolute Gasteiger partial charge is 0.418 e. The maximum atomic E-state index is 14.0. The topological polar surface area (TPSA) is 119 Å². The lowest BCUT2D eigenvalue weighted by Gasteiger charge is -2.38. The SMILES string of the molecule is C=C(Nc1ncccc1N1CCC(C)(N)CC1)c1nc(-c2nccc(CCC)c2C(F)(F)F)cnc1N. The van der Waals surface area contributed by atoms with Crippen LogP contribution < -0.4 is 21.7 Å². The molecule has 3 aromatic rings. The quantitative estimate of drug-likeness (QED) is 0.410. The van der Waals surface area contributed by atoms with Crippen molar-refractivity contribution in [3.05, 3.63) is 60.2 Å². The van der Waals surface area contributed by atoms with E-state index >= 15 is 0 Å². The Labute approximate surface area is 214 Å². The van der Waals surface area contributed by atoms with Crippen LogP contribution in [0.3, 0.4) is 0 Å². The summed E-state index contributed by atoms with van der Waals surface area (Å²) in [5.74, 6) is 0.549. The number of aryl methyl sites for hydroxylation is 1. The summed E-state index contributed by atoms with van der Waals surface area (Å²) in [5, 5.41) is 3.14. The van der Waals surface area contributed by atoms with Crippen molar-refractivity contribution < 1.29 is 13.2 Å². The summed E-state index contributed by atoms with van der Waals surface area (Å²) in [5.41, 5.74) is 12.4. The van der Waals surface area contributed by atoms with Gasteiger partial charge in [-0.2, -0.15) is 13.2 Å². The van der Waals surface area contributed by atoms with Crippen molar-refractivity contribution in [1.82, 2.24) is 19.9 Å². The van der Waals surface area contributed by atoms with Crippen LogP contribution in [0.4, 0.5) is 30.5 Å². The van der Waals surface area contributed by atoms with E-state index in [1.165, 1.54) is 18.5 Å². The Morgan fingerprint density at radius 1 is 1.16 bits per heavy atom. The van der Waals surface area contributed by atoms with Gasteiger partial charge in [0, 0.05) is 31.0 Å². The molecule has 1 aliphatic rings. The molecular weight excluding hydrogens is 481 g/mol. The minimum atomic E-state index is -4.61. The first-order valence-corrected chi connectivity index (χ1v) is 12.1. The van der Waals surface area contributed by atoms with Crippen molar-refractivity contribution in [2.45, 2.75) is 51.2 Å². The van der Waals surface area contributed by atoms with E-state index in [0.717, 1.165) is 31.6 Å². The highest BCUT2D eigenvalue weighted by Crippen LogP contribution is 2.39. The van der Waals surface area contributed by atoms with E-state index in [-0.39, 0.29) is 46.1 Å². The van der Waals surface area contributed by atoms with E-state index < -0.39 is 11.7 Å². The molecule has 1 saturated heterocycles. The zero-order valence-corrected chi connectivity index (χ0v) is 20.9. The Morgan fingerprint density at radius 2 is 1.89 bits per heavy atom. The Balaban J connectivity index is 1.67. The molecule has 5 N–H and O–H groups in total. The Bertz CT molecular complexity index is 1280. The third-order valence-corrected chi connectivity index (χ3v) is 6.47. The summed E-state index contributed by atoms with van der Waals surface area (Å²) in [6, 6.07) is 5.16. The fraction of sp³-hybridized carbons (Fsp3) is 0.385. The number of nitrogens with two attached hydrogens (primary N) is 2. The van der Waals surface area contributed by atoms with Gasteiger partial charge in [-0.1, -0.05) is 19.9 Å². The molecule has 0 aromatic carbocycles. The monoisotopic (exact) mass is 512 g/mol. The summed E-state index contributed by atoms with van der Waals surface area (Å²) in [7, 11) is 0. The van der Waals surface area contributed by atoms with Crippen LogP contribution in [-0.4, -0.2) is 38.6 Å². The van der Waals surface area contributed by atoms with Crippen molar-refractivity contribution in [1.29, 1.82) is 0 Å². The van der Waals surface area contributed by atoms with E-state index in [9.17, 15) is 13.2 Å². The standard InChI is InChI=1S/C26H31F3N8/c1-4-6-17-8-12-32-22(20(17)26(27,28)29)18-15-34-23(30)21(36-18)16(2)35-24-19(7-5-11-33-24)37-13-9-25(3,31)10-14-37/h5,7-8,11-12,15H,2,4,6,9-10,13-14,31H2,1,3H3,(H2,30,34)(H,33,35). The van der Waals surface area contributed by atoms with E-state index in [1.807, 2.05) is 26.0 Å². The number of halogens is 3. The zero-order valence-electron chi connectivity index (χ0n) is 20.9. The Morgan fingerprint density at radius 3 is 2.57 bits per heavy atom. The van der Waals surface area contributed by atoms with Gasteiger partial charge in [0.15, 0.2) is 11.6 Å². The van der Waals surface area contributed by atoms with Gasteiger partial charge in [-0.25, -0.2) is 15.0 Å². The molecule has 0 radical (unpaired) electrons. The maximum Gasteiger partial charge on any atom is 0.418 e. The van der Waals surface area contributed by atoms with Crippen LogP contribution in [0.15, 0.2) is 43.4 Å². The third kappa shape index (κ3) is 5.82. The highest BCUT2D eigenvalue weighted by Gasteiger charge is 2.37. The minimum Gasteiger partial charge on any atom is -0.382 e. The molecule has 3 aromatic heterocycles. The van der Waals surface area contributed by atoms with E-state index in [2.05, 4.69) is 36.7 Å². The van der Waals surface area contributed by atoms with E-state index in [1.54, 1.807) is 6.20 Å². The van der Waals surface area contributed by atoms with Gasteiger partial charge in [-0.15, -0.1) is 0 Å². The van der Waals surface area contributed by atoms with Crippen LogP contribution in [0.1, 0.15) is 49.9 Å². The lowest BCUT2D eigenvalue weighted by molar-refractivity contribution is -0.137. The number of anilines is 3. The first-order chi connectivity index (χ1) is 17.5. The molecule has 196 valence electrons. The van der Waals surface area contributed by atoms with Gasteiger partial charge in [0.05, 0.1) is 23.1 Å². The number of hydrogen-bond donors (Lipinski definition) is 3. The number of rotatable bonds is 7. The van der Waals surface area contributed by atoms with Crippen molar-refractivity contribution in [2.75, 3.05) is 29.0 Å². The highest BCUT2D eigenvalue weighted by atomic mass is 19.4. The van der Waals surface area contributed by atoms with Crippen LogP contribution in [0, 0.1) is 0 Å². The van der Waals surface area contributed by atoms with Gasteiger partial charge in [0.25, 0.3) is 0 Å². The Kier molecular flexibility index (Phi) is 7.35. The lowest BCUT2D eigenvalue weighted by atomic mass is 9.91. The second kappa shape index (κ2) is 10.3. The fourth-order valence-corrected chi connectivity index (χ4v) is 4.43. The van der Waals surface area contributed by atoms with Gasteiger partial charge in [-0.05, 0) is 49.9 Å². The summed E-state index contributed by atoms with van der Waals surface area (Å²) in [6.45, 7) is 9.41. The highest BCUT2D eigenvalue weighted by molar-refractivity contribution is 5.82. The molecular formula is C26H31F3N8. The number of nitrogen functional groups attached to an aromatic ring is 1. The predicted octanol–water partition coefficient (Wildman–Crippen LogP) is 4.89. The molecule has 1 aliphatic heterocycles. The number of nitrogens with zero attached hydrogens (tertiary/aromatic N) is 5. The van der Waals surface area contributed by atoms with Gasteiger partial charge in [0.1, 0.15) is 17.1 Å². The van der Waals surface area contributed by atoms with Gasteiger partial charge >= 0.3 is 6.18 Å². The molecule has 0 atom stereocenters. The van der Waals surface area contributed by atoms with Gasteiger partial charge < -0.3 is 21.7 Å². The number of nitrogens with one attached hydrogen (secondary N) is 1. The molecule has 4 heterocycles. The molecule has 4 rings (SSSR count). The van der Waals surface area contributed by atoms with Crippen molar-refractivity contribution in [3.8, 4) is 11.4 Å². The van der Waals surface area contributed by atoms with Crippen molar-refractivity contribution in [3.63, 3.8) is 0 Å². The first-order valence-electron chi connectivity index (χ1n) is 12.1. The summed E-state index contributed by atoms with van der Waals surface area (Å²) in [6.07, 6.45) is 2.05. The summed E-state index contributed by atoms with van der Waals surface area (Å²) >= 11 is 0. The van der Waals surface area contributed by atoms with Crippen LogP contribution in [0.25, 0.3) is 17.1 Å². The van der Waals surface area contributed by atoms with Gasteiger partial charge in [-0.3, -0.25) is 4.98 Å².